The minimum atomic E-state index is 0.574. The van der Waals surface area contributed by atoms with Gasteiger partial charge in [-0.2, -0.15) is 0 Å². The second-order valence-corrected chi connectivity index (χ2v) is 6.34. The molecular formula is C23H17NO3. The predicted molar refractivity (Wildman–Crippen MR) is 106 cm³/mol. The number of rotatable bonds is 3. The summed E-state index contributed by atoms with van der Waals surface area (Å²) >= 11 is 0. The van der Waals surface area contributed by atoms with Crippen molar-refractivity contribution in [3.8, 4) is 22.6 Å². The molecule has 1 aromatic heterocycles. The molecule has 4 heteroatoms. The van der Waals surface area contributed by atoms with E-state index in [9.17, 15) is 0 Å². The molecule has 0 N–H and O–H groups in total. The topological polar surface area (TPSA) is 44.5 Å². The Hall–Kier alpha value is -3.53. The third kappa shape index (κ3) is 3.17. The Bertz CT molecular complexity index is 1130. The van der Waals surface area contributed by atoms with Crippen LogP contribution in [0.3, 0.4) is 0 Å². The van der Waals surface area contributed by atoms with Crippen LogP contribution in [-0.2, 0) is 0 Å². The third-order valence-electron chi connectivity index (χ3n) is 4.50. The van der Waals surface area contributed by atoms with E-state index in [2.05, 4.69) is 29.2 Å². The molecule has 1 aliphatic heterocycles. The van der Waals surface area contributed by atoms with Crippen LogP contribution in [0.5, 0.6) is 11.5 Å². The van der Waals surface area contributed by atoms with Crippen LogP contribution in [0.2, 0.25) is 0 Å². The summed E-state index contributed by atoms with van der Waals surface area (Å²) in [6.07, 6.45) is 3.83. The van der Waals surface area contributed by atoms with Crippen molar-refractivity contribution < 1.29 is 13.9 Å². The van der Waals surface area contributed by atoms with Crippen LogP contribution in [0.1, 0.15) is 11.5 Å². The molecule has 2 heterocycles. The Labute approximate surface area is 156 Å². The zero-order valence-electron chi connectivity index (χ0n) is 14.6. The van der Waals surface area contributed by atoms with E-state index < -0.39 is 0 Å². The molecule has 5 rings (SSSR count). The standard InChI is InChI=1S/C23H17NO3/c1-2-4-17(5-3-1)18-8-10-20-19(15-18)24-23(27-20)11-7-16-6-9-21-22(14-16)26-13-12-25-21/h1-11,14-15H,12-13H2/b11-7+. The second-order valence-electron chi connectivity index (χ2n) is 6.34. The first-order valence-corrected chi connectivity index (χ1v) is 8.89. The maximum Gasteiger partial charge on any atom is 0.220 e. The molecule has 0 saturated heterocycles. The van der Waals surface area contributed by atoms with Gasteiger partial charge in [0.05, 0.1) is 0 Å². The van der Waals surface area contributed by atoms with Crippen LogP contribution in [-0.4, -0.2) is 18.2 Å². The fraction of sp³-hybridized carbons (Fsp3) is 0.0870. The van der Waals surface area contributed by atoms with E-state index in [1.807, 2.05) is 54.6 Å². The zero-order valence-corrected chi connectivity index (χ0v) is 14.6. The molecule has 0 fully saturated rings. The Morgan fingerprint density at radius 1 is 0.741 bits per heavy atom. The summed E-state index contributed by atoms with van der Waals surface area (Å²) in [5.41, 5.74) is 4.91. The molecule has 0 aliphatic carbocycles. The molecule has 0 radical (unpaired) electrons. The number of hydrogen-bond donors (Lipinski definition) is 0. The van der Waals surface area contributed by atoms with Crippen LogP contribution in [0.4, 0.5) is 0 Å². The monoisotopic (exact) mass is 355 g/mol. The lowest BCUT2D eigenvalue weighted by Gasteiger charge is -2.18. The highest BCUT2D eigenvalue weighted by Gasteiger charge is 2.11. The lowest BCUT2D eigenvalue weighted by molar-refractivity contribution is 0.171. The largest absolute Gasteiger partial charge is 0.486 e. The lowest BCUT2D eigenvalue weighted by atomic mass is 10.1. The zero-order chi connectivity index (χ0) is 18.1. The first kappa shape index (κ1) is 15.7. The normalized spacial score (nSPS) is 13.3. The molecular weight excluding hydrogens is 338 g/mol. The predicted octanol–water partition coefficient (Wildman–Crippen LogP) is 5.44. The van der Waals surface area contributed by atoms with E-state index in [4.69, 9.17) is 13.9 Å². The first-order chi connectivity index (χ1) is 13.3. The maximum absolute atomic E-state index is 5.84. The third-order valence-corrected chi connectivity index (χ3v) is 4.50. The molecule has 0 saturated carbocycles. The van der Waals surface area contributed by atoms with Gasteiger partial charge in [0.1, 0.15) is 18.7 Å². The van der Waals surface area contributed by atoms with Crippen molar-refractivity contribution in [1.82, 2.24) is 4.98 Å². The van der Waals surface area contributed by atoms with E-state index in [0.29, 0.717) is 19.1 Å². The Balaban J connectivity index is 1.43. The smallest absolute Gasteiger partial charge is 0.220 e. The van der Waals surface area contributed by atoms with Gasteiger partial charge in [0, 0.05) is 6.08 Å². The number of ether oxygens (including phenoxy) is 2. The lowest BCUT2D eigenvalue weighted by Crippen LogP contribution is -2.15. The van der Waals surface area contributed by atoms with Gasteiger partial charge in [0.2, 0.25) is 5.89 Å². The molecule has 0 atom stereocenters. The molecule has 0 bridgehead atoms. The fourth-order valence-electron chi connectivity index (χ4n) is 3.16. The highest BCUT2D eigenvalue weighted by atomic mass is 16.6. The molecule has 3 aromatic carbocycles. The molecule has 1 aliphatic rings. The Morgan fingerprint density at radius 3 is 2.48 bits per heavy atom. The number of oxazole rings is 1. The summed E-state index contributed by atoms with van der Waals surface area (Å²) in [4.78, 5) is 4.59. The van der Waals surface area contributed by atoms with Crippen LogP contribution in [0.15, 0.2) is 71.1 Å². The van der Waals surface area contributed by atoms with Gasteiger partial charge < -0.3 is 13.9 Å². The van der Waals surface area contributed by atoms with Crippen LogP contribution in [0, 0.1) is 0 Å². The summed E-state index contributed by atoms with van der Waals surface area (Å²) < 4.78 is 17.0. The second kappa shape index (κ2) is 6.65. The highest BCUT2D eigenvalue weighted by molar-refractivity contribution is 5.82. The van der Waals surface area contributed by atoms with Crippen molar-refractivity contribution in [3.63, 3.8) is 0 Å². The van der Waals surface area contributed by atoms with Crippen molar-refractivity contribution in [1.29, 1.82) is 0 Å². The molecule has 0 amide bonds. The van der Waals surface area contributed by atoms with Crippen molar-refractivity contribution in [2.75, 3.05) is 13.2 Å². The molecule has 132 valence electrons. The number of fused-ring (bicyclic) bond motifs is 2. The molecule has 0 unspecified atom stereocenters. The number of aromatic nitrogens is 1. The summed E-state index contributed by atoms with van der Waals surface area (Å²) in [5, 5.41) is 0. The van der Waals surface area contributed by atoms with Crippen LogP contribution >= 0.6 is 0 Å². The van der Waals surface area contributed by atoms with E-state index in [1.165, 1.54) is 0 Å². The van der Waals surface area contributed by atoms with Crippen molar-refractivity contribution in [2.24, 2.45) is 0 Å². The van der Waals surface area contributed by atoms with Crippen LogP contribution in [0.25, 0.3) is 34.4 Å². The van der Waals surface area contributed by atoms with Crippen LogP contribution < -0.4 is 9.47 Å². The Kier molecular flexibility index (Phi) is 3.87. The fourth-order valence-corrected chi connectivity index (χ4v) is 3.16. The van der Waals surface area contributed by atoms with Gasteiger partial charge in [0.15, 0.2) is 17.1 Å². The molecule has 4 aromatic rings. The van der Waals surface area contributed by atoms with Gasteiger partial charge in [-0.15, -0.1) is 0 Å². The van der Waals surface area contributed by atoms with Crippen molar-refractivity contribution in [2.45, 2.75) is 0 Å². The maximum atomic E-state index is 5.84. The number of benzene rings is 3. The van der Waals surface area contributed by atoms with Gasteiger partial charge in [-0.25, -0.2) is 4.98 Å². The van der Waals surface area contributed by atoms with E-state index in [1.54, 1.807) is 0 Å². The van der Waals surface area contributed by atoms with Gasteiger partial charge in [-0.05, 0) is 47.0 Å². The number of hydrogen-bond acceptors (Lipinski definition) is 4. The minimum Gasteiger partial charge on any atom is -0.486 e. The molecule has 27 heavy (non-hydrogen) atoms. The summed E-state index contributed by atoms with van der Waals surface area (Å²) in [7, 11) is 0. The molecule has 0 spiro atoms. The van der Waals surface area contributed by atoms with Gasteiger partial charge in [-0.3, -0.25) is 0 Å². The van der Waals surface area contributed by atoms with Gasteiger partial charge >= 0.3 is 0 Å². The van der Waals surface area contributed by atoms with Gasteiger partial charge in [0.25, 0.3) is 0 Å². The quantitative estimate of drug-likeness (QED) is 0.491. The first-order valence-electron chi connectivity index (χ1n) is 8.89. The van der Waals surface area contributed by atoms with E-state index >= 15 is 0 Å². The van der Waals surface area contributed by atoms with E-state index in [0.717, 1.165) is 39.3 Å². The average molecular weight is 355 g/mol. The summed E-state index contributed by atoms with van der Waals surface area (Å²) in [6, 6.07) is 22.2. The van der Waals surface area contributed by atoms with Crippen molar-refractivity contribution >= 4 is 23.3 Å². The highest BCUT2D eigenvalue weighted by Crippen LogP contribution is 2.31. The average Bonchev–Trinajstić information content (AvgIpc) is 3.15. The Morgan fingerprint density at radius 2 is 1.59 bits per heavy atom. The van der Waals surface area contributed by atoms with Crippen molar-refractivity contribution in [3.05, 3.63) is 78.2 Å². The van der Waals surface area contributed by atoms with E-state index in [-0.39, 0.29) is 0 Å². The summed E-state index contributed by atoms with van der Waals surface area (Å²) in [6.45, 7) is 1.17. The number of nitrogens with zero attached hydrogens (tertiary/aromatic N) is 1. The SMILES string of the molecule is C(=C\c1nc2cc(-c3ccccc3)ccc2o1)/c1ccc2c(c1)OCCO2. The minimum absolute atomic E-state index is 0.574. The van der Waals surface area contributed by atoms with Gasteiger partial charge in [-0.1, -0.05) is 42.5 Å². The summed E-state index contributed by atoms with van der Waals surface area (Å²) in [5.74, 6) is 2.13. The molecule has 4 nitrogen and oxygen atoms in total.